The summed E-state index contributed by atoms with van der Waals surface area (Å²) in [6, 6.07) is 10.1. The Balaban J connectivity index is 1.41. The molecule has 0 aliphatic carbocycles. The van der Waals surface area contributed by atoms with Crippen LogP contribution < -0.4 is 5.32 Å². The summed E-state index contributed by atoms with van der Waals surface area (Å²) in [5.41, 5.74) is 0.994. The molecule has 2 aliphatic heterocycles. The summed E-state index contributed by atoms with van der Waals surface area (Å²) in [6.07, 6.45) is 0.773. The van der Waals surface area contributed by atoms with Gasteiger partial charge in [0.1, 0.15) is 6.61 Å². The lowest BCUT2D eigenvalue weighted by atomic mass is 10.2. The fourth-order valence-corrected chi connectivity index (χ4v) is 2.81. The maximum absolute atomic E-state index is 12.2. The molecule has 0 radical (unpaired) electrons. The Morgan fingerprint density at radius 2 is 2.17 bits per heavy atom. The van der Waals surface area contributed by atoms with Crippen molar-refractivity contribution in [2.45, 2.75) is 25.2 Å². The first-order valence-electron chi connectivity index (χ1n) is 8.19. The van der Waals surface area contributed by atoms with Crippen molar-refractivity contribution >= 4 is 6.09 Å². The normalized spacial score (nSPS) is 24.6. The molecule has 1 aromatic rings. The van der Waals surface area contributed by atoms with E-state index in [0.29, 0.717) is 32.3 Å². The van der Waals surface area contributed by atoms with Gasteiger partial charge in [0.05, 0.1) is 25.9 Å². The highest BCUT2D eigenvalue weighted by atomic mass is 16.6. The summed E-state index contributed by atoms with van der Waals surface area (Å²) in [7, 11) is 0. The van der Waals surface area contributed by atoms with Gasteiger partial charge in [-0.2, -0.15) is 0 Å². The minimum absolute atomic E-state index is 0.00799. The molecule has 23 heavy (non-hydrogen) atoms. The second kappa shape index (κ2) is 8.29. The van der Waals surface area contributed by atoms with Crippen LogP contribution in [0.25, 0.3) is 0 Å². The van der Waals surface area contributed by atoms with E-state index in [1.54, 1.807) is 4.90 Å². The molecule has 2 atom stereocenters. The number of morpholine rings is 1. The highest BCUT2D eigenvalue weighted by Crippen LogP contribution is 2.10. The van der Waals surface area contributed by atoms with Crippen LogP contribution in [0.1, 0.15) is 12.0 Å². The van der Waals surface area contributed by atoms with Gasteiger partial charge in [0, 0.05) is 25.7 Å². The van der Waals surface area contributed by atoms with Gasteiger partial charge in [-0.1, -0.05) is 30.3 Å². The molecule has 6 heteroatoms. The number of nitrogens with one attached hydrogen (secondary N) is 1. The summed E-state index contributed by atoms with van der Waals surface area (Å²) in [4.78, 5) is 13.9. The van der Waals surface area contributed by atoms with Gasteiger partial charge in [-0.3, -0.25) is 0 Å². The van der Waals surface area contributed by atoms with Gasteiger partial charge in [-0.25, -0.2) is 4.79 Å². The molecule has 126 valence electrons. The Morgan fingerprint density at radius 1 is 1.30 bits per heavy atom. The number of carbonyl (C=O) groups excluding carboxylic acids is 1. The molecule has 0 aromatic heterocycles. The molecule has 6 nitrogen and oxygen atoms in total. The van der Waals surface area contributed by atoms with Gasteiger partial charge in [-0.15, -0.1) is 0 Å². The lowest BCUT2D eigenvalue weighted by Gasteiger charge is -2.32. The molecule has 2 saturated heterocycles. The third kappa shape index (κ3) is 4.92. The third-order valence-corrected chi connectivity index (χ3v) is 4.17. The van der Waals surface area contributed by atoms with Gasteiger partial charge in [0.25, 0.3) is 0 Å². The van der Waals surface area contributed by atoms with Crippen LogP contribution in [0.3, 0.4) is 0 Å². The zero-order chi connectivity index (χ0) is 15.9. The van der Waals surface area contributed by atoms with E-state index in [1.165, 1.54) is 0 Å². The van der Waals surface area contributed by atoms with Crippen LogP contribution in [0.5, 0.6) is 0 Å². The van der Waals surface area contributed by atoms with E-state index < -0.39 is 0 Å². The van der Waals surface area contributed by atoms with Crippen molar-refractivity contribution in [1.82, 2.24) is 10.2 Å². The average molecular weight is 320 g/mol. The first-order chi connectivity index (χ1) is 11.3. The minimum atomic E-state index is -0.272. The maximum Gasteiger partial charge on any atom is 0.410 e. The zero-order valence-corrected chi connectivity index (χ0v) is 13.3. The molecule has 2 aliphatic rings. The predicted octanol–water partition coefficient (Wildman–Crippen LogP) is 1.40. The van der Waals surface area contributed by atoms with Gasteiger partial charge in [0.2, 0.25) is 0 Å². The molecule has 2 unspecified atom stereocenters. The van der Waals surface area contributed by atoms with Crippen LogP contribution in [0.2, 0.25) is 0 Å². The number of carbonyl (C=O) groups is 1. The molecular weight excluding hydrogens is 296 g/mol. The van der Waals surface area contributed by atoms with Crippen LogP contribution in [0.4, 0.5) is 4.79 Å². The average Bonchev–Trinajstić information content (AvgIpc) is 3.12. The molecule has 3 rings (SSSR count). The first-order valence-corrected chi connectivity index (χ1v) is 8.19. The Bertz CT molecular complexity index is 491. The van der Waals surface area contributed by atoms with Gasteiger partial charge in [0.15, 0.2) is 0 Å². The van der Waals surface area contributed by atoms with Crippen molar-refractivity contribution in [3.05, 3.63) is 35.9 Å². The highest BCUT2D eigenvalue weighted by molar-refractivity contribution is 5.67. The summed E-state index contributed by atoms with van der Waals surface area (Å²) >= 11 is 0. The van der Waals surface area contributed by atoms with E-state index >= 15 is 0 Å². The second-order valence-electron chi connectivity index (χ2n) is 5.95. The number of rotatable bonds is 5. The minimum Gasteiger partial charge on any atom is -0.445 e. The van der Waals surface area contributed by atoms with E-state index in [-0.39, 0.29) is 12.2 Å². The van der Waals surface area contributed by atoms with Crippen molar-refractivity contribution in [2.24, 2.45) is 0 Å². The monoisotopic (exact) mass is 320 g/mol. The van der Waals surface area contributed by atoms with E-state index in [9.17, 15) is 4.79 Å². The number of nitrogens with zero attached hydrogens (tertiary/aromatic N) is 1. The van der Waals surface area contributed by atoms with E-state index in [4.69, 9.17) is 14.2 Å². The summed E-state index contributed by atoms with van der Waals surface area (Å²) in [5, 5.41) is 3.44. The Labute approximate surface area is 136 Å². The smallest absolute Gasteiger partial charge is 0.410 e. The SMILES string of the molecule is O=C(OCc1ccccc1)N1CCOC(CNC2CCOC2)C1. The Kier molecular flexibility index (Phi) is 5.85. The highest BCUT2D eigenvalue weighted by Gasteiger charge is 2.26. The molecule has 2 fully saturated rings. The summed E-state index contributed by atoms with van der Waals surface area (Å²) in [5.74, 6) is 0. The van der Waals surface area contributed by atoms with E-state index in [0.717, 1.165) is 31.7 Å². The van der Waals surface area contributed by atoms with Crippen LogP contribution in [-0.4, -0.2) is 62.6 Å². The number of benzene rings is 1. The lowest BCUT2D eigenvalue weighted by molar-refractivity contribution is -0.0280. The largest absolute Gasteiger partial charge is 0.445 e. The number of hydrogen-bond donors (Lipinski definition) is 1. The van der Waals surface area contributed by atoms with Crippen molar-refractivity contribution in [2.75, 3.05) is 39.5 Å². The lowest BCUT2D eigenvalue weighted by Crippen LogP contribution is -2.50. The maximum atomic E-state index is 12.2. The van der Waals surface area contributed by atoms with Crippen LogP contribution in [0, 0.1) is 0 Å². The Morgan fingerprint density at radius 3 is 2.96 bits per heavy atom. The third-order valence-electron chi connectivity index (χ3n) is 4.17. The van der Waals surface area contributed by atoms with Crippen molar-refractivity contribution in [3.8, 4) is 0 Å². The zero-order valence-electron chi connectivity index (χ0n) is 13.3. The fourth-order valence-electron chi connectivity index (χ4n) is 2.81. The topological polar surface area (TPSA) is 60.0 Å². The van der Waals surface area contributed by atoms with Gasteiger partial charge in [-0.05, 0) is 12.0 Å². The van der Waals surface area contributed by atoms with Crippen LogP contribution in [0.15, 0.2) is 30.3 Å². The second-order valence-corrected chi connectivity index (χ2v) is 5.95. The van der Waals surface area contributed by atoms with Crippen molar-refractivity contribution in [1.29, 1.82) is 0 Å². The molecule has 1 aromatic carbocycles. The Hall–Kier alpha value is -1.63. The number of ether oxygens (including phenoxy) is 3. The molecule has 0 spiro atoms. The number of amides is 1. The predicted molar refractivity (Wildman–Crippen MR) is 85.2 cm³/mol. The molecule has 0 bridgehead atoms. The van der Waals surface area contributed by atoms with Crippen LogP contribution >= 0.6 is 0 Å². The van der Waals surface area contributed by atoms with Crippen LogP contribution in [-0.2, 0) is 20.8 Å². The quantitative estimate of drug-likeness (QED) is 0.889. The van der Waals surface area contributed by atoms with E-state index in [2.05, 4.69) is 5.32 Å². The molecule has 2 heterocycles. The van der Waals surface area contributed by atoms with Gasteiger partial charge >= 0.3 is 6.09 Å². The molecule has 0 saturated carbocycles. The first kappa shape index (κ1) is 16.2. The molecule has 1 N–H and O–H groups in total. The summed E-state index contributed by atoms with van der Waals surface area (Å²) in [6.45, 7) is 4.31. The molecule has 1 amide bonds. The van der Waals surface area contributed by atoms with Gasteiger partial charge < -0.3 is 24.4 Å². The molecular formula is C17H24N2O4. The summed E-state index contributed by atoms with van der Waals surface area (Å²) < 4.78 is 16.5. The van der Waals surface area contributed by atoms with E-state index in [1.807, 2.05) is 30.3 Å². The fraction of sp³-hybridized carbons (Fsp3) is 0.588. The van der Waals surface area contributed by atoms with Crippen molar-refractivity contribution in [3.63, 3.8) is 0 Å². The standard InChI is InChI=1S/C17H24N2O4/c20-17(23-12-14-4-2-1-3-5-14)19-7-9-22-16(11-19)10-18-15-6-8-21-13-15/h1-5,15-16,18H,6-13H2. The van der Waals surface area contributed by atoms with Crippen molar-refractivity contribution < 1.29 is 19.0 Å². The number of hydrogen-bond acceptors (Lipinski definition) is 5.